The van der Waals surface area contributed by atoms with Gasteiger partial charge in [-0.2, -0.15) is 0 Å². The lowest BCUT2D eigenvalue weighted by Crippen LogP contribution is -2.48. The molecule has 0 bridgehead atoms. The SMILES string of the molecule is Cc1c(S(=O)(=O)NC2COC2)cc(-c2cccc(C(C)(C)C)c2)n1CC1CCCCC1. The standard InChI is InChI=1S/C25H36N2O3S/c1-18-24(31(28,29)26-22-16-30-17-22)14-23(27(18)15-19-9-6-5-7-10-19)20-11-8-12-21(13-20)25(2,3)4/h8,11-14,19,22,26H,5-7,9-10,15-17H2,1-4H3. The quantitative estimate of drug-likeness (QED) is 0.681. The minimum atomic E-state index is -3.59. The van der Waals surface area contributed by atoms with Gasteiger partial charge in [0, 0.05) is 17.9 Å². The van der Waals surface area contributed by atoms with Gasteiger partial charge < -0.3 is 9.30 Å². The topological polar surface area (TPSA) is 60.3 Å². The summed E-state index contributed by atoms with van der Waals surface area (Å²) in [7, 11) is -3.59. The molecule has 1 aliphatic heterocycles. The molecular weight excluding hydrogens is 408 g/mol. The summed E-state index contributed by atoms with van der Waals surface area (Å²) in [6.07, 6.45) is 6.30. The minimum Gasteiger partial charge on any atom is -0.378 e. The van der Waals surface area contributed by atoms with Gasteiger partial charge in [-0.05, 0) is 54.4 Å². The number of hydrogen-bond donors (Lipinski definition) is 1. The van der Waals surface area contributed by atoms with Gasteiger partial charge in [0.25, 0.3) is 0 Å². The highest BCUT2D eigenvalue weighted by Gasteiger charge is 2.30. The van der Waals surface area contributed by atoms with Gasteiger partial charge in [-0.15, -0.1) is 0 Å². The van der Waals surface area contributed by atoms with E-state index in [1.807, 2.05) is 13.0 Å². The summed E-state index contributed by atoms with van der Waals surface area (Å²) in [5.41, 5.74) is 4.20. The van der Waals surface area contributed by atoms with Crippen LogP contribution in [0, 0.1) is 12.8 Å². The predicted octanol–water partition coefficient (Wildman–Crippen LogP) is 5.02. The van der Waals surface area contributed by atoms with Gasteiger partial charge in [-0.25, -0.2) is 13.1 Å². The monoisotopic (exact) mass is 444 g/mol. The van der Waals surface area contributed by atoms with E-state index in [1.54, 1.807) is 0 Å². The third kappa shape index (κ3) is 4.91. The zero-order chi connectivity index (χ0) is 22.2. The van der Waals surface area contributed by atoms with Crippen LogP contribution in [0.25, 0.3) is 11.3 Å². The van der Waals surface area contributed by atoms with Crippen LogP contribution in [0.3, 0.4) is 0 Å². The average Bonchev–Trinajstić information content (AvgIpc) is 3.02. The molecule has 0 unspecified atom stereocenters. The number of hydrogen-bond acceptors (Lipinski definition) is 3. The summed E-state index contributed by atoms with van der Waals surface area (Å²) in [4.78, 5) is 0.395. The number of rotatable bonds is 6. The lowest BCUT2D eigenvalue weighted by Gasteiger charge is -2.26. The van der Waals surface area contributed by atoms with E-state index in [0.29, 0.717) is 24.0 Å². The van der Waals surface area contributed by atoms with Crippen LogP contribution in [0.15, 0.2) is 35.2 Å². The molecule has 1 saturated heterocycles. The molecule has 0 amide bonds. The van der Waals surface area contributed by atoms with Gasteiger partial charge in [0.1, 0.15) is 4.90 Å². The third-order valence-corrected chi connectivity index (χ3v) is 8.40. The molecule has 170 valence electrons. The zero-order valence-corrected chi connectivity index (χ0v) is 20.1. The van der Waals surface area contributed by atoms with E-state index in [-0.39, 0.29) is 11.5 Å². The Balaban J connectivity index is 1.77. The van der Waals surface area contributed by atoms with E-state index in [2.05, 4.69) is 54.3 Å². The van der Waals surface area contributed by atoms with Gasteiger partial charge in [0.15, 0.2) is 0 Å². The Morgan fingerprint density at radius 2 is 1.81 bits per heavy atom. The summed E-state index contributed by atoms with van der Waals surface area (Å²) >= 11 is 0. The van der Waals surface area contributed by atoms with Gasteiger partial charge in [-0.3, -0.25) is 0 Å². The van der Waals surface area contributed by atoms with E-state index in [4.69, 9.17) is 4.74 Å². The smallest absolute Gasteiger partial charge is 0.242 e. The van der Waals surface area contributed by atoms with Gasteiger partial charge >= 0.3 is 0 Å². The van der Waals surface area contributed by atoms with Crippen LogP contribution in [0.2, 0.25) is 0 Å². The van der Waals surface area contributed by atoms with Crippen molar-refractivity contribution in [2.45, 2.75) is 82.7 Å². The number of ether oxygens (including phenoxy) is 1. The first-order valence-electron chi connectivity index (χ1n) is 11.6. The Labute approximate surface area is 187 Å². The molecular formula is C25H36N2O3S. The van der Waals surface area contributed by atoms with Crippen molar-refractivity contribution in [1.82, 2.24) is 9.29 Å². The molecule has 1 N–H and O–H groups in total. The van der Waals surface area contributed by atoms with Crippen LogP contribution in [-0.2, 0) is 26.7 Å². The summed E-state index contributed by atoms with van der Waals surface area (Å²) in [5.74, 6) is 0.605. The molecule has 4 rings (SSSR count). The fourth-order valence-corrected chi connectivity index (χ4v) is 6.19. The first kappa shape index (κ1) is 22.6. The molecule has 1 aromatic carbocycles. The Bertz CT molecular complexity index is 1020. The second-order valence-electron chi connectivity index (χ2n) is 10.3. The molecule has 0 atom stereocenters. The maximum Gasteiger partial charge on any atom is 0.242 e. The van der Waals surface area contributed by atoms with Crippen molar-refractivity contribution >= 4 is 10.0 Å². The minimum absolute atomic E-state index is 0.0343. The van der Waals surface area contributed by atoms with Crippen LogP contribution in [0.1, 0.15) is 64.1 Å². The summed E-state index contributed by atoms with van der Waals surface area (Å²) in [6.45, 7) is 10.3. The second-order valence-corrected chi connectivity index (χ2v) is 12.0. The zero-order valence-electron chi connectivity index (χ0n) is 19.3. The van der Waals surface area contributed by atoms with Crippen molar-refractivity contribution in [2.75, 3.05) is 13.2 Å². The molecule has 5 nitrogen and oxygen atoms in total. The number of nitrogens with one attached hydrogen (secondary N) is 1. The Kier molecular flexibility index (Phi) is 6.35. The van der Waals surface area contributed by atoms with Crippen LogP contribution in [-0.4, -0.2) is 32.2 Å². The van der Waals surface area contributed by atoms with E-state index in [1.165, 1.54) is 37.7 Å². The number of nitrogens with zero attached hydrogens (tertiary/aromatic N) is 1. The molecule has 2 aromatic rings. The predicted molar refractivity (Wildman–Crippen MR) is 125 cm³/mol. The summed E-state index contributed by atoms with van der Waals surface area (Å²) < 4.78 is 36.6. The normalized spacial score (nSPS) is 18.8. The van der Waals surface area contributed by atoms with Crippen molar-refractivity contribution in [3.8, 4) is 11.3 Å². The highest BCUT2D eigenvalue weighted by Crippen LogP contribution is 2.34. The van der Waals surface area contributed by atoms with Crippen molar-refractivity contribution in [3.63, 3.8) is 0 Å². The van der Waals surface area contributed by atoms with E-state index in [0.717, 1.165) is 23.5 Å². The number of aromatic nitrogens is 1. The third-order valence-electron chi connectivity index (χ3n) is 6.76. The second kappa shape index (κ2) is 8.72. The first-order chi connectivity index (χ1) is 14.6. The molecule has 31 heavy (non-hydrogen) atoms. The fourth-order valence-electron chi connectivity index (χ4n) is 4.73. The fraction of sp³-hybridized carbons (Fsp3) is 0.600. The molecule has 1 aromatic heterocycles. The van der Waals surface area contributed by atoms with E-state index in [9.17, 15) is 8.42 Å². The number of sulfonamides is 1. The Morgan fingerprint density at radius 3 is 2.42 bits per heavy atom. The van der Waals surface area contributed by atoms with Gasteiger partial charge in [-0.1, -0.05) is 58.2 Å². The maximum atomic E-state index is 13.2. The van der Waals surface area contributed by atoms with Crippen molar-refractivity contribution < 1.29 is 13.2 Å². The average molecular weight is 445 g/mol. The summed E-state index contributed by atoms with van der Waals surface area (Å²) in [6, 6.07) is 10.3. The van der Waals surface area contributed by atoms with Gasteiger partial charge in [0.05, 0.1) is 19.3 Å². The van der Waals surface area contributed by atoms with E-state index < -0.39 is 10.0 Å². The number of benzene rings is 1. The highest BCUT2D eigenvalue weighted by atomic mass is 32.2. The molecule has 0 radical (unpaired) electrons. The molecule has 1 saturated carbocycles. The first-order valence-corrected chi connectivity index (χ1v) is 13.0. The molecule has 2 heterocycles. The lowest BCUT2D eigenvalue weighted by molar-refractivity contribution is 0.00481. The molecule has 0 spiro atoms. The van der Waals surface area contributed by atoms with Crippen LogP contribution >= 0.6 is 0 Å². The largest absolute Gasteiger partial charge is 0.378 e. The van der Waals surface area contributed by atoms with Crippen molar-refractivity contribution in [3.05, 3.63) is 41.6 Å². The van der Waals surface area contributed by atoms with Crippen LogP contribution < -0.4 is 4.72 Å². The maximum absolute atomic E-state index is 13.2. The van der Waals surface area contributed by atoms with Crippen molar-refractivity contribution in [2.24, 2.45) is 5.92 Å². The van der Waals surface area contributed by atoms with Crippen LogP contribution in [0.5, 0.6) is 0 Å². The molecule has 2 aliphatic rings. The lowest BCUT2D eigenvalue weighted by atomic mass is 9.86. The molecule has 1 aliphatic carbocycles. The Morgan fingerprint density at radius 1 is 1.10 bits per heavy atom. The van der Waals surface area contributed by atoms with Gasteiger partial charge in [0.2, 0.25) is 10.0 Å². The molecule has 2 fully saturated rings. The molecule has 6 heteroatoms. The van der Waals surface area contributed by atoms with E-state index >= 15 is 0 Å². The van der Waals surface area contributed by atoms with Crippen molar-refractivity contribution in [1.29, 1.82) is 0 Å². The highest BCUT2D eigenvalue weighted by molar-refractivity contribution is 7.89. The van der Waals surface area contributed by atoms with Crippen LogP contribution in [0.4, 0.5) is 0 Å². The summed E-state index contributed by atoms with van der Waals surface area (Å²) in [5, 5.41) is 0. The Hall–Kier alpha value is -1.63.